The van der Waals surface area contributed by atoms with Gasteiger partial charge < -0.3 is 10.6 Å². The number of benzene rings is 1. The van der Waals surface area contributed by atoms with Gasteiger partial charge >= 0.3 is 0 Å². The molecule has 1 atom stereocenters. The van der Waals surface area contributed by atoms with Crippen molar-refractivity contribution < 1.29 is 16.8 Å². The summed E-state index contributed by atoms with van der Waals surface area (Å²) in [7, 11) is -4.84. The quantitative estimate of drug-likeness (QED) is 0.280. The average molecular weight is 573 g/mol. The molecule has 0 amide bonds. The number of nitrogens with zero attached hydrogens (tertiary/aromatic N) is 2. The zero-order chi connectivity index (χ0) is 21.5. The molecule has 172 valence electrons. The van der Waals surface area contributed by atoms with Gasteiger partial charge in [0.15, 0.2) is 5.96 Å². The Morgan fingerprint density at radius 3 is 2.43 bits per heavy atom. The van der Waals surface area contributed by atoms with E-state index < -0.39 is 19.9 Å². The normalized spacial score (nSPS) is 17.1. The number of guanidine groups is 1. The van der Waals surface area contributed by atoms with Gasteiger partial charge in [-0.1, -0.05) is 18.6 Å². The lowest BCUT2D eigenvalue weighted by Crippen LogP contribution is -2.42. The minimum atomic E-state index is -3.47. The molecule has 0 bridgehead atoms. The summed E-state index contributed by atoms with van der Waals surface area (Å²) < 4.78 is 49.9. The number of sulfonamides is 1. The Labute approximate surface area is 197 Å². The van der Waals surface area contributed by atoms with E-state index in [0.717, 1.165) is 24.8 Å². The van der Waals surface area contributed by atoms with Crippen LogP contribution in [0.5, 0.6) is 0 Å². The Hall–Kier alpha value is -0.920. The highest BCUT2D eigenvalue weighted by atomic mass is 127. The van der Waals surface area contributed by atoms with Gasteiger partial charge in [-0.3, -0.25) is 4.99 Å². The zero-order valence-corrected chi connectivity index (χ0v) is 21.8. The minimum Gasteiger partial charge on any atom is -0.354 e. The van der Waals surface area contributed by atoms with E-state index in [2.05, 4.69) is 15.6 Å². The largest absolute Gasteiger partial charge is 0.354 e. The second-order valence-electron chi connectivity index (χ2n) is 7.50. The number of halogens is 1. The molecule has 0 saturated carbocycles. The van der Waals surface area contributed by atoms with Crippen molar-refractivity contribution in [2.45, 2.75) is 50.1 Å². The van der Waals surface area contributed by atoms with Crippen LogP contribution < -0.4 is 10.6 Å². The fraction of sp³-hybridized carbons (Fsp3) is 0.632. The number of nitrogens with one attached hydrogen (secondary N) is 2. The molecule has 1 fully saturated rings. The molecule has 1 aromatic rings. The number of rotatable bonds is 8. The van der Waals surface area contributed by atoms with Crippen LogP contribution in [0.1, 0.15) is 38.2 Å². The molecule has 2 rings (SSSR count). The van der Waals surface area contributed by atoms with Crippen LogP contribution in [0.4, 0.5) is 0 Å². The summed E-state index contributed by atoms with van der Waals surface area (Å²) in [6.45, 7) is 3.45. The predicted octanol–water partition coefficient (Wildman–Crippen LogP) is 1.97. The molecular formula is C19H33IN4O4S2. The van der Waals surface area contributed by atoms with Gasteiger partial charge in [0.2, 0.25) is 10.0 Å². The first-order valence-corrected chi connectivity index (χ1v) is 13.4. The predicted molar refractivity (Wildman–Crippen MR) is 132 cm³/mol. The SMILES string of the molecule is CN=C(NCc1cccc(S(=O)(=O)N2CCCCC2)c1)NC(C)CCS(C)(=O)=O.I. The van der Waals surface area contributed by atoms with E-state index in [1.165, 1.54) is 6.26 Å². The van der Waals surface area contributed by atoms with Gasteiger partial charge in [0.25, 0.3) is 0 Å². The summed E-state index contributed by atoms with van der Waals surface area (Å²) in [6, 6.07) is 6.87. The lowest BCUT2D eigenvalue weighted by atomic mass is 10.2. The monoisotopic (exact) mass is 572 g/mol. The third-order valence-corrected chi connectivity index (χ3v) is 7.71. The van der Waals surface area contributed by atoms with E-state index in [1.807, 2.05) is 13.0 Å². The summed E-state index contributed by atoms with van der Waals surface area (Å²) in [5.74, 6) is 0.643. The van der Waals surface area contributed by atoms with Crippen molar-refractivity contribution in [2.24, 2.45) is 4.99 Å². The van der Waals surface area contributed by atoms with Gasteiger partial charge in [0.1, 0.15) is 9.84 Å². The topological polar surface area (TPSA) is 108 Å². The van der Waals surface area contributed by atoms with E-state index in [9.17, 15) is 16.8 Å². The van der Waals surface area contributed by atoms with Crippen molar-refractivity contribution in [1.82, 2.24) is 14.9 Å². The lowest BCUT2D eigenvalue weighted by Gasteiger charge is -2.26. The molecule has 8 nitrogen and oxygen atoms in total. The highest BCUT2D eigenvalue weighted by Crippen LogP contribution is 2.21. The number of aliphatic imine (C=N–C) groups is 1. The first kappa shape index (κ1) is 27.1. The first-order chi connectivity index (χ1) is 13.6. The van der Waals surface area contributed by atoms with Crippen molar-refractivity contribution in [1.29, 1.82) is 0 Å². The van der Waals surface area contributed by atoms with Crippen LogP contribution in [0.3, 0.4) is 0 Å². The van der Waals surface area contributed by atoms with E-state index in [4.69, 9.17) is 0 Å². The van der Waals surface area contributed by atoms with Crippen LogP contribution in [-0.2, 0) is 26.4 Å². The second kappa shape index (κ2) is 12.2. The van der Waals surface area contributed by atoms with Crippen LogP contribution in [0.25, 0.3) is 0 Å². The highest BCUT2D eigenvalue weighted by Gasteiger charge is 2.25. The molecule has 1 aliphatic rings. The van der Waals surface area contributed by atoms with E-state index in [1.54, 1.807) is 29.6 Å². The molecule has 0 aliphatic carbocycles. The Bertz CT molecular complexity index is 914. The molecule has 0 spiro atoms. The van der Waals surface area contributed by atoms with Gasteiger partial charge in [-0.15, -0.1) is 24.0 Å². The van der Waals surface area contributed by atoms with Crippen molar-refractivity contribution in [3.63, 3.8) is 0 Å². The van der Waals surface area contributed by atoms with Crippen molar-refractivity contribution in [2.75, 3.05) is 32.1 Å². The summed E-state index contributed by atoms with van der Waals surface area (Å²) >= 11 is 0. The van der Waals surface area contributed by atoms with Gasteiger partial charge in [-0.05, 0) is 43.9 Å². The highest BCUT2D eigenvalue weighted by molar-refractivity contribution is 14.0. The molecule has 1 aromatic carbocycles. The zero-order valence-electron chi connectivity index (χ0n) is 17.8. The molecule has 30 heavy (non-hydrogen) atoms. The maximum atomic E-state index is 12.9. The molecule has 11 heteroatoms. The maximum absolute atomic E-state index is 12.9. The Balaban J connectivity index is 0.00000450. The van der Waals surface area contributed by atoms with Crippen LogP contribution in [0.15, 0.2) is 34.2 Å². The Morgan fingerprint density at radius 2 is 1.83 bits per heavy atom. The number of hydrogen-bond donors (Lipinski definition) is 2. The summed E-state index contributed by atoms with van der Waals surface area (Å²) in [6.07, 6.45) is 4.57. The molecule has 2 N–H and O–H groups in total. The second-order valence-corrected chi connectivity index (χ2v) is 11.7. The van der Waals surface area contributed by atoms with E-state index >= 15 is 0 Å². The van der Waals surface area contributed by atoms with Crippen molar-refractivity contribution >= 4 is 49.8 Å². The Morgan fingerprint density at radius 1 is 1.17 bits per heavy atom. The fourth-order valence-electron chi connectivity index (χ4n) is 3.15. The van der Waals surface area contributed by atoms with Gasteiger partial charge in [0.05, 0.1) is 10.6 Å². The van der Waals surface area contributed by atoms with Crippen molar-refractivity contribution in [3.8, 4) is 0 Å². The molecule has 1 unspecified atom stereocenters. The lowest BCUT2D eigenvalue weighted by molar-refractivity contribution is 0.346. The molecule has 1 aliphatic heterocycles. The summed E-state index contributed by atoms with van der Waals surface area (Å²) in [4.78, 5) is 4.46. The maximum Gasteiger partial charge on any atom is 0.243 e. The standard InChI is InChI=1S/C19H32N4O4S2.HI/c1-16(10-13-28(3,24)25)22-19(20-2)21-15-17-8-7-9-18(14-17)29(26,27)23-11-5-4-6-12-23;/h7-9,14,16H,4-6,10-13,15H2,1-3H3,(H2,20,21,22);1H. The van der Waals surface area contributed by atoms with Crippen LogP contribution in [0.2, 0.25) is 0 Å². The minimum absolute atomic E-state index is 0. The number of hydrogen-bond acceptors (Lipinski definition) is 5. The van der Waals surface area contributed by atoms with Crippen LogP contribution in [0, 0.1) is 0 Å². The van der Waals surface area contributed by atoms with Crippen LogP contribution >= 0.6 is 24.0 Å². The average Bonchev–Trinajstić information content (AvgIpc) is 2.70. The van der Waals surface area contributed by atoms with E-state index in [0.29, 0.717) is 36.9 Å². The van der Waals surface area contributed by atoms with Gasteiger partial charge in [0, 0.05) is 39.0 Å². The first-order valence-electron chi connectivity index (χ1n) is 9.86. The molecule has 1 saturated heterocycles. The van der Waals surface area contributed by atoms with Crippen LogP contribution in [-0.4, -0.2) is 65.3 Å². The van der Waals surface area contributed by atoms with Crippen molar-refractivity contribution in [3.05, 3.63) is 29.8 Å². The molecular weight excluding hydrogens is 539 g/mol. The molecule has 0 radical (unpaired) electrons. The fourth-order valence-corrected chi connectivity index (χ4v) is 5.52. The van der Waals surface area contributed by atoms with E-state index in [-0.39, 0.29) is 35.8 Å². The third kappa shape index (κ3) is 8.67. The smallest absolute Gasteiger partial charge is 0.243 e. The van der Waals surface area contributed by atoms with Gasteiger partial charge in [-0.2, -0.15) is 4.31 Å². The third-order valence-electron chi connectivity index (χ3n) is 4.84. The summed E-state index contributed by atoms with van der Waals surface area (Å²) in [5.41, 5.74) is 0.829. The molecule has 0 aromatic heterocycles. The number of sulfone groups is 1. The Kier molecular flexibility index (Phi) is 11.0. The van der Waals surface area contributed by atoms with Gasteiger partial charge in [-0.25, -0.2) is 16.8 Å². The summed E-state index contributed by atoms with van der Waals surface area (Å²) in [5, 5.41) is 6.31. The number of piperidine rings is 1. The molecule has 1 heterocycles.